The number of fused-ring (bicyclic) bond motifs is 3. The number of quaternary nitrogens is 1. The third kappa shape index (κ3) is 6.47. The van der Waals surface area contributed by atoms with Gasteiger partial charge in [-0.25, -0.2) is 9.28 Å². The molecule has 0 aromatic heterocycles. The molecule has 1 saturated heterocycles. The second-order valence-corrected chi connectivity index (χ2v) is 18.7. The van der Waals surface area contributed by atoms with Gasteiger partial charge >= 0.3 is 19.5 Å². The van der Waals surface area contributed by atoms with Crippen LogP contribution in [0.2, 0.25) is 0 Å². The third-order valence-electron chi connectivity index (χ3n) is 11.6. The molecule has 54 heavy (non-hydrogen) atoms. The normalized spacial score (nSPS) is 25.6. The highest BCUT2D eigenvalue weighted by atomic mass is 31.2. The number of allylic oxidation sites excluding steroid dienone is 5. The van der Waals surface area contributed by atoms with E-state index in [2.05, 4.69) is 0 Å². The standard InChI is InChI=1S/C38H44N2O12P2/c1-37(2)26-18-22(53(47,48)49)12-14-28(26)39(16-8-5-6-11-33(41)42)31(37)20-24-34(43)25(35(24)44)21-32-38(3,4)27-19-23(54(50,51)52)13-15-29(27)40(32)17-9-7-10-30(40)36(45)46/h12-15,18-21,30H,5-11,16-17H2,1-4H3,(H5-2,41,42,43,44,45,46,47,48,49,50,51,52)/b32-21+. The highest BCUT2D eigenvalue weighted by molar-refractivity contribution is 7.60. The van der Waals surface area contributed by atoms with Crippen LogP contribution in [0.1, 0.15) is 83.8 Å². The quantitative estimate of drug-likeness (QED) is 0.0728. The molecule has 0 amide bonds. The zero-order valence-corrected chi connectivity index (χ0v) is 32.2. The number of carbonyl (C=O) groups excluding carboxylic acids is 1. The molecule has 2 aromatic rings. The van der Waals surface area contributed by atoms with Gasteiger partial charge in [0.05, 0.1) is 22.7 Å². The van der Waals surface area contributed by atoms with Gasteiger partial charge in [0.1, 0.15) is 17.9 Å². The van der Waals surface area contributed by atoms with Gasteiger partial charge in [0.2, 0.25) is 5.69 Å². The van der Waals surface area contributed by atoms with Gasteiger partial charge in [-0.05, 0) is 77.6 Å². The van der Waals surface area contributed by atoms with Gasteiger partial charge in [0, 0.05) is 71.1 Å². The Kier molecular flexibility index (Phi) is 10.0. The average molecular weight is 783 g/mol. The van der Waals surface area contributed by atoms with Crippen molar-refractivity contribution in [3.05, 3.63) is 82.3 Å². The second kappa shape index (κ2) is 13.6. The van der Waals surface area contributed by atoms with Crippen LogP contribution < -0.4 is 25.1 Å². The molecule has 3 aliphatic heterocycles. The molecule has 1 aliphatic carbocycles. The minimum atomic E-state index is -4.92. The van der Waals surface area contributed by atoms with Crippen LogP contribution in [0, 0.1) is 0 Å². The molecule has 14 nitrogen and oxygen atoms in total. The van der Waals surface area contributed by atoms with E-state index in [9.17, 15) is 53.3 Å². The van der Waals surface area contributed by atoms with Crippen LogP contribution in [0.5, 0.6) is 0 Å². The van der Waals surface area contributed by atoms with E-state index in [1.807, 2.05) is 18.4 Å². The maximum absolute atomic E-state index is 14.0. The van der Waals surface area contributed by atoms with Crippen LogP contribution in [0.4, 0.5) is 11.4 Å². The fourth-order valence-electron chi connectivity index (χ4n) is 8.81. The number of nitrogens with zero attached hydrogens (tertiary/aromatic N) is 2. The molecule has 288 valence electrons. The summed E-state index contributed by atoms with van der Waals surface area (Å²) in [5, 5.41) is 33.1. The third-order valence-corrected chi connectivity index (χ3v) is 13.4. The second-order valence-electron chi connectivity index (χ2n) is 15.6. The molecule has 0 saturated carbocycles. The summed E-state index contributed by atoms with van der Waals surface area (Å²) in [6.45, 7) is 7.89. The summed E-state index contributed by atoms with van der Waals surface area (Å²) in [6, 6.07) is 7.47. The number of aliphatic carboxylic acids is 2. The van der Waals surface area contributed by atoms with Crippen molar-refractivity contribution in [3.8, 4) is 0 Å². The molecule has 3 unspecified atom stereocenters. The molecule has 0 radical (unpaired) electrons. The van der Waals surface area contributed by atoms with Crippen LogP contribution in [-0.4, -0.2) is 72.0 Å². The van der Waals surface area contributed by atoms with E-state index in [1.165, 1.54) is 42.5 Å². The first-order valence-corrected chi connectivity index (χ1v) is 21.0. The number of unbranched alkanes of at least 4 members (excludes halogenated alkanes) is 2. The molecule has 2 aromatic carbocycles. The number of rotatable bonds is 11. The molecular weight excluding hydrogens is 738 g/mol. The topological polar surface area (TPSA) is 236 Å². The van der Waals surface area contributed by atoms with Gasteiger partial charge in [0.25, 0.3) is 0 Å². The van der Waals surface area contributed by atoms with E-state index in [1.54, 1.807) is 19.9 Å². The van der Waals surface area contributed by atoms with Gasteiger partial charge in [-0.3, -0.25) is 14.2 Å². The van der Waals surface area contributed by atoms with Crippen molar-refractivity contribution >= 4 is 60.6 Å². The number of piperidine rings is 1. The van der Waals surface area contributed by atoms with Crippen molar-refractivity contribution in [3.63, 3.8) is 0 Å². The Hall–Kier alpha value is -4.00. The Labute approximate surface area is 312 Å². The number of carboxylic acid groups (broad SMARTS) is 2. The van der Waals surface area contributed by atoms with E-state index in [4.69, 9.17) is 5.11 Å². The first kappa shape index (κ1) is 39.7. The van der Waals surface area contributed by atoms with Gasteiger partial charge < -0.3 is 39.5 Å². The number of hydrogen-bond acceptors (Lipinski definition) is 7. The number of carbonyl (C=O) groups is 3. The maximum atomic E-state index is 14.0. The van der Waals surface area contributed by atoms with Crippen LogP contribution in [0.3, 0.4) is 0 Å². The largest absolute Gasteiger partial charge is 0.871 e. The Morgan fingerprint density at radius 2 is 1.59 bits per heavy atom. The van der Waals surface area contributed by atoms with Crippen molar-refractivity contribution in [1.29, 1.82) is 0 Å². The molecule has 3 heterocycles. The number of ketones is 1. The lowest BCUT2D eigenvalue weighted by Crippen LogP contribution is -2.61. The van der Waals surface area contributed by atoms with Crippen molar-refractivity contribution in [2.75, 3.05) is 13.1 Å². The summed E-state index contributed by atoms with van der Waals surface area (Å²) in [6.07, 6.45) is 6.11. The SMILES string of the molecule is CC1(C)C(/C=C2\C(=O)C(/C=C3\C(C)(C)c4cc(P(=O)([O-])O)ccc4[N+]34CCCCC4C(=O)O)=C2[O-])=[N+](CCCCCC(=O)O)c2ccc(P(=O)(O)O)cc21. The van der Waals surface area contributed by atoms with E-state index in [-0.39, 0.29) is 32.7 Å². The summed E-state index contributed by atoms with van der Waals surface area (Å²) >= 11 is 0. The number of benzene rings is 2. The summed E-state index contributed by atoms with van der Waals surface area (Å²) in [4.78, 5) is 79.9. The first-order valence-electron chi connectivity index (χ1n) is 17.8. The van der Waals surface area contributed by atoms with Crippen LogP contribution in [0.15, 0.2) is 71.2 Å². The lowest BCUT2D eigenvalue weighted by molar-refractivity contribution is -0.438. The van der Waals surface area contributed by atoms with E-state index in [0.717, 1.165) is 0 Å². The van der Waals surface area contributed by atoms with Gasteiger partial charge in [0.15, 0.2) is 25.1 Å². The summed E-state index contributed by atoms with van der Waals surface area (Å²) < 4.78 is 26.1. The van der Waals surface area contributed by atoms with Crippen molar-refractivity contribution < 1.29 is 63.0 Å². The number of Topliss-reactive ketones (excluding diaryl/α,β-unsaturated/α-hetero) is 1. The van der Waals surface area contributed by atoms with Crippen molar-refractivity contribution in [1.82, 2.24) is 4.48 Å². The summed E-state index contributed by atoms with van der Waals surface area (Å²) in [5.41, 5.74) is 0.960. The highest BCUT2D eigenvalue weighted by Crippen LogP contribution is 2.57. The van der Waals surface area contributed by atoms with E-state index >= 15 is 0 Å². The molecule has 1 fully saturated rings. The molecular formula is C38H44N2O12P2. The van der Waals surface area contributed by atoms with E-state index < -0.39 is 55.5 Å². The lowest BCUT2D eigenvalue weighted by Gasteiger charge is -2.45. The maximum Gasteiger partial charge on any atom is 0.363 e. The minimum absolute atomic E-state index is 0.00259. The Morgan fingerprint density at radius 1 is 0.926 bits per heavy atom. The summed E-state index contributed by atoms with van der Waals surface area (Å²) in [5.74, 6) is -3.13. The molecule has 16 heteroatoms. The molecule has 1 spiro atoms. The van der Waals surface area contributed by atoms with Gasteiger partial charge in [-0.1, -0.05) is 5.76 Å². The monoisotopic (exact) mass is 782 g/mol. The first-order chi connectivity index (χ1) is 25.0. The smallest absolute Gasteiger partial charge is 0.363 e. The zero-order valence-electron chi connectivity index (χ0n) is 30.4. The van der Waals surface area contributed by atoms with Crippen LogP contribution in [-0.2, 0) is 34.3 Å². The number of carboxylic acids is 2. The Morgan fingerprint density at radius 3 is 2.20 bits per heavy atom. The predicted octanol–water partition coefficient (Wildman–Crippen LogP) is 2.63. The Bertz CT molecular complexity index is 2220. The Balaban J connectivity index is 1.47. The van der Waals surface area contributed by atoms with Crippen molar-refractivity contribution in [2.24, 2.45) is 0 Å². The van der Waals surface area contributed by atoms with Crippen LogP contribution in [0.25, 0.3) is 0 Å². The zero-order chi connectivity index (χ0) is 39.8. The van der Waals surface area contributed by atoms with Crippen molar-refractivity contribution in [2.45, 2.75) is 89.5 Å². The molecule has 5 N–H and O–H groups in total. The number of hydrogen-bond donors (Lipinski definition) is 5. The predicted molar refractivity (Wildman–Crippen MR) is 196 cm³/mol. The fraction of sp³-hybridized carbons (Fsp3) is 0.421. The van der Waals surface area contributed by atoms with Gasteiger partial charge in [-0.15, -0.1) is 0 Å². The minimum Gasteiger partial charge on any atom is -0.871 e. The molecule has 6 rings (SSSR count). The van der Waals surface area contributed by atoms with E-state index in [0.29, 0.717) is 85.5 Å². The lowest BCUT2D eigenvalue weighted by atomic mass is 9.77. The summed E-state index contributed by atoms with van der Waals surface area (Å²) in [7, 11) is -9.54. The van der Waals surface area contributed by atoms with Crippen LogP contribution >= 0.6 is 15.2 Å². The fourth-order valence-corrected chi connectivity index (χ4v) is 9.93. The molecule has 0 bridgehead atoms. The van der Waals surface area contributed by atoms with Gasteiger partial charge in [-0.2, -0.15) is 4.58 Å². The highest BCUT2D eigenvalue weighted by Gasteiger charge is 2.60. The molecule has 4 aliphatic rings. The molecule has 3 atom stereocenters. The average Bonchev–Trinajstić information content (AvgIpc) is 3.40.